The average Bonchev–Trinajstić information content (AvgIpc) is 2.56. The van der Waals surface area contributed by atoms with Crippen LogP contribution in [0.5, 0.6) is 0 Å². The zero-order valence-electron chi connectivity index (χ0n) is 7.03. The maximum absolute atomic E-state index is 3.62. The van der Waals surface area contributed by atoms with Gasteiger partial charge in [0.15, 0.2) is 0 Å². The van der Waals surface area contributed by atoms with Gasteiger partial charge in [0.25, 0.3) is 0 Å². The summed E-state index contributed by atoms with van der Waals surface area (Å²) in [5.41, 5.74) is 2.52. The highest BCUT2D eigenvalue weighted by molar-refractivity contribution is 7.08. The average molecular weight is 177 g/mol. The van der Waals surface area contributed by atoms with Crippen molar-refractivity contribution in [3.05, 3.63) is 40.7 Å². The summed E-state index contributed by atoms with van der Waals surface area (Å²) in [4.78, 5) is 3.62. The van der Waals surface area contributed by atoms with E-state index in [0.717, 1.165) is 0 Å². The molecule has 1 heterocycles. The van der Waals surface area contributed by atoms with Gasteiger partial charge in [-0.05, 0) is 47.7 Å². The Labute approximate surface area is 76.8 Å². The molecular weight excluding hydrogens is 166 g/mol. The Morgan fingerprint density at radius 2 is 2.50 bits per heavy atom. The van der Waals surface area contributed by atoms with Gasteiger partial charge in [-0.1, -0.05) is 6.08 Å². The minimum Gasteiger partial charge on any atom is -0.273 e. The molecule has 1 rings (SSSR count). The maximum Gasteiger partial charge on any atom is 0.0260 e. The molecule has 62 valence electrons. The summed E-state index contributed by atoms with van der Waals surface area (Å²) in [6.07, 6.45) is 5.59. The second-order valence-electron chi connectivity index (χ2n) is 2.39. The normalized spacial score (nSPS) is 12.2. The van der Waals surface area contributed by atoms with Crippen molar-refractivity contribution in [1.82, 2.24) is 0 Å². The molecule has 12 heavy (non-hydrogen) atoms. The summed E-state index contributed by atoms with van der Waals surface area (Å²) >= 11 is 1.71. The fourth-order valence-electron chi connectivity index (χ4n) is 0.833. The first-order valence-electron chi connectivity index (χ1n) is 3.66. The largest absolute Gasteiger partial charge is 0.273 e. The highest BCUT2D eigenvalue weighted by Crippen LogP contribution is 2.16. The highest BCUT2D eigenvalue weighted by Gasteiger charge is 1.91. The summed E-state index contributed by atoms with van der Waals surface area (Å²) in [7, 11) is 0. The second kappa shape index (κ2) is 4.67. The Bertz CT molecular complexity index is 294. The third kappa shape index (κ3) is 2.47. The lowest BCUT2D eigenvalue weighted by molar-refractivity contribution is 1.59. The fourth-order valence-corrected chi connectivity index (χ4v) is 1.55. The number of aliphatic imine (C=N–C) groups is 1. The predicted molar refractivity (Wildman–Crippen MR) is 56.7 cm³/mol. The molecule has 1 nitrogen and oxygen atoms in total. The van der Waals surface area contributed by atoms with E-state index in [2.05, 4.69) is 35.5 Å². The van der Waals surface area contributed by atoms with Gasteiger partial charge in [0.1, 0.15) is 0 Å². The number of thiophene rings is 1. The van der Waals surface area contributed by atoms with Gasteiger partial charge in [-0.3, -0.25) is 4.99 Å². The zero-order valence-corrected chi connectivity index (χ0v) is 7.84. The minimum atomic E-state index is 1.25. The highest BCUT2D eigenvalue weighted by atomic mass is 32.1. The van der Waals surface area contributed by atoms with Crippen LogP contribution in [0.2, 0.25) is 0 Å². The number of hydrogen-bond acceptors (Lipinski definition) is 2. The molecule has 2 heteroatoms. The van der Waals surface area contributed by atoms with E-state index in [9.17, 15) is 0 Å². The van der Waals surface area contributed by atoms with Crippen molar-refractivity contribution in [3.8, 4) is 0 Å². The molecule has 0 spiro atoms. The summed E-state index contributed by atoms with van der Waals surface area (Å²) in [5, 5.41) is 4.20. The summed E-state index contributed by atoms with van der Waals surface area (Å²) in [6, 6.07) is 2.10. The monoisotopic (exact) mass is 177 g/mol. The smallest absolute Gasteiger partial charge is 0.0260 e. The predicted octanol–water partition coefficient (Wildman–Crippen LogP) is 3.37. The topological polar surface area (TPSA) is 12.4 Å². The van der Waals surface area contributed by atoms with Gasteiger partial charge in [0, 0.05) is 6.20 Å². The van der Waals surface area contributed by atoms with Crippen LogP contribution in [-0.2, 0) is 0 Å². The molecule has 0 unspecified atom stereocenters. The second-order valence-corrected chi connectivity index (χ2v) is 3.17. The molecule has 0 amide bonds. The Morgan fingerprint density at radius 3 is 3.08 bits per heavy atom. The molecular formula is C10H11NS. The van der Waals surface area contributed by atoms with Gasteiger partial charge in [-0.2, -0.15) is 11.3 Å². The molecule has 0 atom stereocenters. The molecule has 0 aliphatic carbocycles. The Morgan fingerprint density at radius 1 is 1.67 bits per heavy atom. The van der Waals surface area contributed by atoms with Crippen LogP contribution in [0.25, 0.3) is 5.57 Å². The van der Waals surface area contributed by atoms with Crippen molar-refractivity contribution in [1.29, 1.82) is 0 Å². The van der Waals surface area contributed by atoms with Crippen molar-refractivity contribution in [2.45, 2.75) is 6.92 Å². The zero-order chi connectivity index (χ0) is 8.81. The van der Waals surface area contributed by atoms with Gasteiger partial charge in [-0.25, -0.2) is 0 Å². The molecule has 0 saturated heterocycles. The molecule has 0 aliphatic rings. The van der Waals surface area contributed by atoms with Gasteiger partial charge < -0.3 is 0 Å². The molecule has 0 saturated carbocycles. The molecule has 0 bridgehead atoms. The van der Waals surface area contributed by atoms with Crippen LogP contribution in [-0.4, -0.2) is 6.72 Å². The van der Waals surface area contributed by atoms with Crippen molar-refractivity contribution < 1.29 is 0 Å². The van der Waals surface area contributed by atoms with E-state index in [1.54, 1.807) is 17.5 Å². The number of hydrogen-bond donors (Lipinski definition) is 0. The first kappa shape index (κ1) is 8.94. The van der Waals surface area contributed by atoms with E-state index in [1.807, 2.05) is 12.2 Å². The lowest BCUT2D eigenvalue weighted by atomic mass is 10.1. The quantitative estimate of drug-likeness (QED) is 0.496. The molecule has 0 radical (unpaired) electrons. The molecule has 1 aromatic rings. The Kier molecular flexibility index (Phi) is 3.48. The van der Waals surface area contributed by atoms with Crippen LogP contribution >= 0.6 is 11.3 Å². The van der Waals surface area contributed by atoms with Crippen LogP contribution in [0.15, 0.2) is 40.2 Å². The fraction of sp³-hybridized carbons (Fsp3) is 0.100. The van der Waals surface area contributed by atoms with Gasteiger partial charge in [0.2, 0.25) is 0 Å². The third-order valence-corrected chi connectivity index (χ3v) is 2.20. The lowest BCUT2D eigenvalue weighted by Gasteiger charge is -1.92. The van der Waals surface area contributed by atoms with E-state index in [-0.39, 0.29) is 0 Å². The number of allylic oxidation sites excluding steroid dienone is 3. The standard InChI is InChI=1S/C10H11NS/c1-9(4-3-6-11-2)10-5-7-12-8-10/h3-8H,2H2,1H3. The first-order chi connectivity index (χ1) is 5.84. The van der Waals surface area contributed by atoms with E-state index < -0.39 is 0 Å². The van der Waals surface area contributed by atoms with Crippen LogP contribution in [0.1, 0.15) is 12.5 Å². The molecule has 0 N–H and O–H groups in total. The number of rotatable bonds is 3. The maximum atomic E-state index is 3.62. The van der Waals surface area contributed by atoms with Crippen molar-refractivity contribution in [2.24, 2.45) is 4.99 Å². The van der Waals surface area contributed by atoms with Crippen LogP contribution in [0.3, 0.4) is 0 Å². The summed E-state index contributed by atoms with van der Waals surface area (Å²) in [6.45, 7) is 5.44. The van der Waals surface area contributed by atoms with E-state index >= 15 is 0 Å². The minimum absolute atomic E-state index is 1.25. The van der Waals surface area contributed by atoms with Crippen LogP contribution in [0.4, 0.5) is 0 Å². The van der Waals surface area contributed by atoms with Crippen molar-refractivity contribution >= 4 is 23.6 Å². The lowest BCUT2D eigenvalue weighted by Crippen LogP contribution is -1.70. The van der Waals surface area contributed by atoms with E-state index in [1.165, 1.54) is 11.1 Å². The summed E-state index contributed by atoms with van der Waals surface area (Å²) < 4.78 is 0. The molecule has 0 fully saturated rings. The van der Waals surface area contributed by atoms with Gasteiger partial charge in [-0.15, -0.1) is 0 Å². The molecule has 1 aromatic heterocycles. The van der Waals surface area contributed by atoms with Crippen molar-refractivity contribution in [3.63, 3.8) is 0 Å². The van der Waals surface area contributed by atoms with E-state index in [0.29, 0.717) is 0 Å². The first-order valence-corrected chi connectivity index (χ1v) is 4.60. The van der Waals surface area contributed by atoms with Gasteiger partial charge in [0.05, 0.1) is 0 Å². The summed E-state index contributed by atoms with van der Waals surface area (Å²) in [5.74, 6) is 0. The van der Waals surface area contributed by atoms with Crippen LogP contribution in [0, 0.1) is 0 Å². The third-order valence-electron chi connectivity index (χ3n) is 1.51. The SMILES string of the molecule is C=NC=CC=C(C)c1ccsc1. The Balaban J connectivity index is 2.71. The Hall–Kier alpha value is -1.15. The van der Waals surface area contributed by atoms with Gasteiger partial charge >= 0.3 is 0 Å². The molecule has 0 aromatic carbocycles. The van der Waals surface area contributed by atoms with Crippen LogP contribution < -0.4 is 0 Å². The van der Waals surface area contributed by atoms with E-state index in [4.69, 9.17) is 0 Å². The number of nitrogens with zero attached hydrogens (tertiary/aromatic N) is 1. The molecule has 0 aliphatic heterocycles. The van der Waals surface area contributed by atoms with Crippen molar-refractivity contribution in [2.75, 3.05) is 0 Å².